The molecule has 0 bridgehead atoms. The summed E-state index contributed by atoms with van der Waals surface area (Å²) >= 11 is 0. The van der Waals surface area contributed by atoms with Crippen molar-refractivity contribution >= 4 is 5.97 Å². The van der Waals surface area contributed by atoms with E-state index in [9.17, 15) is 4.79 Å². The van der Waals surface area contributed by atoms with Gasteiger partial charge in [-0.15, -0.1) is 0 Å². The smallest absolute Gasteiger partial charge is 0.306 e. The van der Waals surface area contributed by atoms with Gasteiger partial charge in [0.05, 0.1) is 0 Å². The number of fused-ring (bicyclic) bond motifs is 1. The van der Waals surface area contributed by atoms with Crippen molar-refractivity contribution in [2.45, 2.75) is 63.5 Å². The lowest BCUT2D eigenvalue weighted by molar-refractivity contribution is -0.150. The molecule has 1 fully saturated rings. The van der Waals surface area contributed by atoms with Gasteiger partial charge in [-0.05, 0) is 56.2 Å². The predicted octanol–water partition coefficient (Wildman–Crippen LogP) is 3.53. The summed E-state index contributed by atoms with van der Waals surface area (Å²) in [7, 11) is 0. The Morgan fingerprint density at radius 1 is 1.19 bits per heavy atom. The lowest BCUT2D eigenvalue weighted by Crippen LogP contribution is -2.34. The van der Waals surface area contributed by atoms with Crippen LogP contribution in [0.1, 0.15) is 62.2 Å². The summed E-state index contributed by atoms with van der Waals surface area (Å²) in [6.07, 6.45) is 8.34. The molecular weight excluding hydrogens is 262 g/mol. The molecule has 1 heterocycles. The van der Waals surface area contributed by atoms with Crippen molar-refractivity contribution in [3.05, 3.63) is 35.4 Å². The SMILES string of the molecule is O=C(CCC1CCCCN1)OC1CCCc2ccccc21. The predicted molar refractivity (Wildman–Crippen MR) is 83.1 cm³/mol. The molecule has 3 heteroatoms. The number of carbonyl (C=O) groups is 1. The van der Waals surface area contributed by atoms with Crippen molar-refractivity contribution in [2.75, 3.05) is 6.54 Å². The van der Waals surface area contributed by atoms with E-state index < -0.39 is 0 Å². The maximum atomic E-state index is 12.1. The number of nitrogens with one attached hydrogen (secondary N) is 1. The fourth-order valence-corrected chi connectivity index (χ4v) is 3.51. The van der Waals surface area contributed by atoms with Gasteiger partial charge < -0.3 is 10.1 Å². The van der Waals surface area contributed by atoms with Gasteiger partial charge in [0.1, 0.15) is 6.10 Å². The Morgan fingerprint density at radius 3 is 2.95 bits per heavy atom. The van der Waals surface area contributed by atoms with E-state index >= 15 is 0 Å². The Bertz CT molecular complexity index is 480. The molecule has 2 aliphatic rings. The quantitative estimate of drug-likeness (QED) is 0.861. The number of aryl methyl sites for hydroxylation is 1. The van der Waals surface area contributed by atoms with Gasteiger partial charge in [0.2, 0.25) is 0 Å². The zero-order chi connectivity index (χ0) is 14.5. The largest absolute Gasteiger partial charge is 0.457 e. The topological polar surface area (TPSA) is 38.3 Å². The van der Waals surface area contributed by atoms with Crippen molar-refractivity contribution in [2.24, 2.45) is 0 Å². The second-order valence-electron chi connectivity index (χ2n) is 6.26. The molecule has 1 saturated heterocycles. The summed E-state index contributed by atoms with van der Waals surface area (Å²) in [5.74, 6) is -0.0379. The molecule has 2 atom stereocenters. The first-order valence-electron chi connectivity index (χ1n) is 8.33. The molecule has 114 valence electrons. The Morgan fingerprint density at radius 2 is 2.10 bits per heavy atom. The van der Waals surface area contributed by atoms with Gasteiger partial charge in [-0.25, -0.2) is 0 Å². The number of rotatable bonds is 4. The van der Waals surface area contributed by atoms with E-state index in [0.717, 1.165) is 32.2 Å². The van der Waals surface area contributed by atoms with Gasteiger partial charge in [-0.1, -0.05) is 30.7 Å². The highest BCUT2D eigenvalue weighted by Crippen LogP contribution is 2.32. The number of esters is 1. The summed E-state index contributed by atoms with van der Waals surface area (Å²) in [4.78, 5) is 12.1. The molecule has 0 amide bonds. The first-order valence-corrected chi connectivity index (χ1v) is 8.33. The highest BCUT2D eigenvalue weighted by molar-refractivity contribution is 5.69. The first kappa shape index (κ1) is 14.6. The molecule has 3 nitrogen and oxygen atoms in total. The van der Waals surface area contributed by atoms with Gasteiger partial charge >= 0.3 is 5.97 Å². The molecule has 21 heavy (non-hydrogen) atoms. The van der Waals surface area contributed by atoms with Crippen LogP contribution in [0.3, 0.4) is 0 Å². The van der Waals surface area contributed by atoms with Crippen LogP contribution in [0.4, 0.5) is 0 Å². The van der Waals surface area contributed by atoms with Gasteiger partial charge in [0.25, 0.3) is 0 Å². The lowest BCUT2D eigenvalue weighted by atomic mass is 9.89. The van der Waals surface area contributed by atoms with Gasteiger partial charge in [0.15, 0.2) is 0 Å². The van der Waals surface area contributed by atoms with Gasteiger partial charge in [-0.3, -0.25) is 4.79 Å². The summed E-state index contributed by atoms with van der Waals surface area (Å²) in [6.45, 7) is 1.09. The number of ether oxygens (including phenoxy) is 1. The molecule has 2 unspecified atom stereocenters. The summed E-state index contributed by atoms with van der Waals surface area (Å²) in [6, 6.07) is 8.87. The number of hydrogen-bond acceptors (Lipinski definition) is 3. The molecule has 1 N–H and O–H groups in total. The highest BCUT2D eigenvalue weighted by atomic mass is 16.5. The molecule has 0 spiro atoms. The average Bonchev–Trinajstić information content (AvgIpc) is 2.54. The zero-order valence-corrected chi connectivity index (χ0v) is 12.6. The second-order valence-corrected chi connectivity index (χ2v) is 6.26. The van der Waals surface area contributed by atoms with Crippen molar-refractivity contribution in [1.29, 1.82) is 0 Å². The van der Waals surface area contributed by atoms with E-state index in [4.69, 9.17) is 4.74 Å². The fraction of sp³-hybridized carbons (Fsp3) is 0.611. The molecule has 1 aliphatic heterocycles. The molecule has 1 aromatic rings. The Balaban J connectivity index is 1.51. The van der Waals surface area contributed by atoms with E-state index in [1.165, 1.54) is 30.4 Å². The minimum Gasteiger partial charge on any atom is -0.457 e. The summed E-state index contributed by atoms with van der Waals surface area (Å²) in [5, 5.41) is 3.49. The maximum absolute atomic E-state index is 12.1. The minimum atomic E-state index is -0.0379. The monoisotopic (exact) mass is 287 g/mol. The van der Waals surface area contributed by atoms with E-state index in [2.05, 4.69) is 23.5 Å². The highest BCUT2D eigenvalue weighted by Gasteiger charge is 2.23. The Hall–Kier alpha value is -1.35. The van der Waals surface area contributed by atoms with Crippen molar-refractivity contribution in [3.8, 4) is 0 Å². The first-order chi connectivity index (χ1) is 10.3. The molecule has 3 rings (SSSR count). The molecule has 0 aromatic heterocycles. The Labute approximate surface area is 127 Å². The molecule has 0 radical (unpaired) electrons. The number of benzene rings is 1. The minimum absolute atomic E-state index is 0.0261. The van der Waals surface area contributed by atoms with Gasteiger partial charge in [0, 0.05) is 12.5 Å². The molecule has 1 aromatic carbocycles. The van der Waals surface area contributed by atoms with Crippen LogP contribution in [-0.4, -0.2) is 18.6 Å². The van der Waals surface area contributed by atoms with E-state index in [-0.39, 0.29) is 12.1 Å². The van der Waals surface area contributed by atoms with Crippen LogP contribution < -0.4 is 5.32 Å². The third kappa shape index (κ3) is 3.85. The zero-order valence-electron chi connectivity index (χ0n) is 12.6. The third-order valence-electron chi connectivity index (χ3n) is 4.70. The third-order valence-corrected chi connectivity index (χ3v) is 4.70. The van der Waals surface area contributed by atoms with Crippen LogP contribution in [0.25, 0.3) is 0 Å². The van der Waals surface area contributed by atoms with E-state index in [0.29, 0.717) is 12.5 Å². The summed E-state index contributed by atoms with van der Waals surface area (Å²) < 4.78 is 5.74. The standard InChI is InChI=1S/C18H25NO2/c20-18(12-11-15-8-3-4-13-19-15)21-17-10-5-7-14-6-1-2-9-16(14)17/h1-2,6,9,15,17,19H,3-5,7-8,10-13H2. The van der Waals surface area contributed by atoms with Crippen LogP contribution in [0.15, 0.2) is 24.3 Å². The Kier molecular flexibility index (Phi) is 4.91. The lowest BCUT2D eigenvalue weighted by Gasteiger charge is -2.26. The van der Waals surface area contributed by atoms with Crippen molar-refractivity contribution < 1.29 is 9.53 Å². The normalized spacial score (nSPS) is 25.1. The van der Waals surface area contributed by atoms with Crippen LogP contribution in [0.5, 0.6) is 0 Å². The molecular formula is C18H25NO2. The van der Waals surface area contributed by atoms with Crippen LogP contribution >= 0.6 is 0 Å². The molecule has 1 aliphatic carbocycles. The average molecular weight is 287 g/mol. The van der Waals surface area contributed by atoms with E-state index in [1.54, 1.807) is 0 Å². The number of hydrogen-bond donors (Lipinski definition) is 1. The maximum Gasteiger partial charge on any atom is 0.306 e. The van der Waals surface area contributed by atoms with Crippen LogP contribution in [-0.2, 0) is 16.0 Å². The van der Waals surface area contributed by atoms with E-state index in [1.807, 2.05) is 6.07 Å². The van der Waals surface area contributed by atoms with Crippen molar-refractivity contribution in [1.82, 2.24) is 5.32 Å². The summed E-state index contributed by atoms with van der Waals surface area (Å²) in [5.41, 5.74) is 2.56. The number of carbonyl (C=O) groups excluding carboxylic acids is 1. The van der Waals surface area contributed by atoms with Gasteiger partial charge in [-0.2, -0.15) is 0 Å². The fourth-order valence-electron chi connectivity index (χ4n) is 3.51. The number of piperidine rings is 1. The molecule has 0 saturated carbocycles. The van der Waals surface area contributed by atoms with Crippen LogP contribution in [0.2, 0.25) is 0 Å². The van der Waals surface area contributed by atoms with Crippen LogP contribution in [0, 0.1) is 0 Å². The second kappa shape index (κ2) is 7.08. The van der Waals surface area contributed by atoms with Crippen molar-refractivity contribution in [3.63, 3.8) is 0 Å².